The first-order valence-electron chi connectivity index (χ1n) is 6.62. The maximum atomic E-state index is 13.9. The third kappa shape index (κ3) is 4.11. The summed E-state index contributed by atoms with van der Waals surface area (Å²) >= 11 is 0. The largest absolute Gasteiger partial charge is 0.359 e. The Balaban J connectivity index is 2.17. The van der Waals surface area contributed by atoms with Gasteiger partial charge in [-0.25, -0.2) is 4.39 Å². The van der Waals surface area contributed by atoms with Crippen LogP contribution in [0.25, 0.3) is 0 Å². The van der Waals surface area contributed by atoms with Crippen molar-refractivity contribution in [1.82, 2.24) is 0 Å². The minimum absolute atomic E-state index is 0.215. The maximum absolute atomic E-state index is 13.9. The van der Waals surface area contributed by atoms with Crippen LogP contribution < -0.4 is 11.0 Å². The lowest BCUT2D eigenvalue weighted by molar-refractivity contribution is 0.0165. The Morgan fingerprint density at radius 3 is 2.90 bits per heavy atom. The van der Waals surface area contributed by atoms with Crippen LogP contribution >= 0.6 is 9.24 Å². The molecule has 0 bridgehead atoms. The van der Waals surface area contributed by atoms with E-state index in [-0.39, 0.29) is 11.9 Å². The van der Waals surface area contributed by atoms with Gasteiger partial charge < -0.3 is 10.5 Å². The molecular formula is C16H19FNOP. The van der Waals surface area contributed by atoms with Crippen LogP contribution in [0.4, 0.5) is 4.39 Å². The first-order valence-corrected chi connectivity index (χ1v) is 7.20. The minimum atomic E-state index is -0.658. The number of halogens is 1. The molecule has 0 saturated heterocycles. The number of allylic oxidation sites excluding steroid dienone is 4. The molecule has 20 heavy (non-hydrogen) atoms. The summed E-state index contributed by atoms with van der Waals surface area (Å²) in [6.45, 7) is 0.492. The summed E-state index contributed by atoms with van der Waals surface area (Å²) < 4.78 is 19.8. The molecule has 2 N–H and O–H groups in total. The average molecular weight is 291 g/mol. The summed E-state index contributed by atoms with van der Waals surface area (Å²) in [7, 11) is 2.65. The molecule has 1 aliphatic rings. The van der Waals surface area contributed by atoms with Gasteiger partial charge in [0.05, 0.1) is 6.10 Å². The summed E-state index contributed by atoms with van der Waals surface area (Å²) in [5, 5.41) is 1.07. The van der Waals surface area contributed by atoms with Crippen molar-refractivity contribution in [3.8, 4) is 0 Å². The number of hydrogen-bond donors (Lipinski definition) is 1. The van der Waals surface area contributed by atoms with E-state index < -0.39 is 6.10 Å². The van der Waals surface area contributed by atoms with E-state index in [9.17, 15) is 4.39 Å². The second-order valence-electron chi connectivity index (χ2n) is 4.61. The van der Waals surface area contributed by atoms with Crippen LogP contribution in [0.2, 0.25) is 0 Å². The molecule has 0 radical (unpaired) electrons. The molecule has 106 valence electrons. The lowest BCUT2D eigenvalue weighted by atomic mass is 10.1. The van der Waals surface area contributed by atoms with Gasteiger partial charge in [-0.3, -0.25) is 0 Å². The minimum Gasteiger partial charge on any atom is -0.359 e. The smallest absolute Gasteiger partial charge is 0.133 e. The molecule has 1 aliphatic carbocycles. The summed E-state index contributed by atoms with van der Waals surface area (Å²) in [6, 6.07) is 7.95. The molecule has 2 rings (SSSR count). The Morgan fingerprint density at radius 1 is 1.30 bits per heavy atom. The molecule has 3 atom stereocenters. The Morgan fingerprint density at radius 2 is 2.15 bits per heavy atom. The van der Waals surface area contributed by atoms with Crippen molar-refractivity contribution in [2.24, 2.45) is 5.73 Å². The third-order valence-electron chi connectivity index (χ3n) is 3.06. The van der Waals surface area contributed by atoms with Gasteiger partial charge in [-0.05, 0) is 42.1 Å². The number of rotatable bonds is 5. The van der Waals surface area contributed by atoms with Crippen LogP contribution in [0.15, 0.2) is 60.5 Å². The van der Waals surface area contributed by atoms with Crippen LogP contribution in [-0.2, 0) is 4.74 Å². The van der Waals surface area contributed by atoms with Crippen LogP contribution in [0.3, 0.4) is 0 Å². The topological polar surface area (TPSA) is 35.2 Å². The number of benzene rings is 1. The van der Waals surface area contributed by atoms with Gasteiger partial charge in [0.2, 0.25) is 0 Å². The predicted octanol–water partition coefficient (Wildman–Crippen LogP) is 2.94. The molecule has 0 amide bonds. The maximum Gasteiger partial charge on any atom is 0.133 e. The molecule has 0 heterocycles. The Hall–Kier alpha value is -1.28. The van der Waals surface area contributed by atoms with Gasteiger partial charge >= 0.3 is 0 Å². The molecule has 3 unspecified atom stereocenters. The first-order chi connectivity index (χ1) is 9.70. The van der Waals surface area contributed by atoms with Gasteiger partial charge in [0.25, 0.3) is 0 Å². The fourth-order valence-corrected chi connectivity index (χ4v) is 2.38. The zero-order valence-corrected chi connectivity index (χ0v) is 12.4. The Labute approximate surface area is 121 Å². The molecule has 4 heteroatoms. The lowest BCUT2D eigenvalue weighted by Crippen LogP contribution is -2.19. The van der Waals surface area contributed by atoms with Gasteiger partial charge in [0.15, 0.2) is 0 Å². The van der Waals surface area contributed by atoms with Gasteiger partial charge in [0, 0.05) is 0 Å². The summed E-state index contributed by atoms with van der Waals surface area (Å²) in [6.07, 6.45) is 8.15. The van der Waals surface area contributed by atoms with Crippen molar-refractivity contribution in [2.45, 2.75) is 18.6 Å². The third-order valence-corrected chi connectivity index (χ3v) is 3.42. The van der Waals surface area contributed by atoms with E-state index >= 15 is 0 Å². The van der Waals surface area contributed by atoms with Gasteiger partial charge in [0.1, 0.15) is 11.9 Å². The number of hydrogen-bond acceptors (Lipinski definition) is 2. The second-order valence-corrected chi connectivity index (χ2v) is 5.28. The standard InChI is InChI=1S/C16H19FNOP/c17-14-7-2-1-3-8-16(14)19-15(9-10-18)12-5-4-6-13(20)11-12/h1-8,11,15-16H,9-10,18,20H2. The van der Waals surface area contributed by atoms with Crippen molar-refractivity contribution >= 4 is 14.5 Å². The fourth-order valence-electron chi connectivity index (χ4n) is 2.07. The van der Waals surface area contributed by atoms with Crippen LogP contribution in [-0.4, -0.2) is 12.6 Å². The summed E-state index contributed by atoms with van der Waals surface area (Å²) in [4.78, 5) is 0. The van der Waals surface area contributed by atoms with E-state index in [0.29, 0.717) is 13.0 Å². The average Bonchev–Trinajstić information content (AvgIpc) is 2.63. The van der Waals surface area contributed by atoms with Crippen molar-refractivity contribution in [1.29, 1.82) is 0 Å². The SMILES string of the molecule is NCCC(OC1C=CC=CC=C1F)c1cccc(P)c1. The van der Waals surface area contributed by atoms with Crippen molar-refractivity contribution in [3.05, 3.63) is 66.0 Å². The molecule has 1 aromatic carbocycles. The second kappa shape index (κ2) is 7.49. The highest BCUT2D eigenvalue weighted by Crippen LogP contribution is 2.26. The van der Waals surface area contributed by atoms with Crippen molar-refractivity contribution in [2.75, 3.05) is 6.54 Å². The van der Waals surface area contributed by atoms with Gasteiger partial charge in [-0.1, -0.05) is 36.4 Å². The molecule has 0 spiro atoms. The Bertz CT molecular complexity index is 539. The van der Waals surface area contributed by atoms with Gasteiger partial charge in [-0.2, -0.15) is 0 Å². The Kier molecular flexibility index (Phi) is 5.66. The van der Waals surface area contributed by atoms with Crippen LogP contribution in [0, 0.1) is 0 Å². The molecule has 0 aliphatic heterocycles. The number of nitrogens with two attached hydrogens (primary N) is 1. The molecule has 0 aromatic heterocycles. The van der Waals surface area contributed by atoms with E-state index in [0.717, 1.165) is 10.9 Å². The molecule has 0 saturated carbocycles. The highest BCUT2D eigenvalue weighted by Gasteiger charge is 2.20. The molecule has 2 nitrogen and oxygen atoms in total. The van der Waals surface area contributed by atoms with E-state index in [1.54, 1.807) is 24.3 Å². The first kappa shape index (κ1) is 15.1. The normalized spacial score (nSPS) is 19.6. The highest BCUT2D eigenvalue weighted by molar-refractivity contribution is 7.27. The van der Waals surface area contributed by atoms with Crippen molar-refractivity contribution in [3.63, 3.8) is 0 Å². The fraction of sp³-hybridized carbons (Fsp3) is 0.250. The predicted molar refractivity (Wildman–Crippen MR) is 84.5 cm³/mol. The zero-order chi connectivity index (χ0) is 14.4. The van der Waals surface area contributed by atoms with Crippen molar-refractivity contribution < 1.29 is 9.13 Å². The quantitative estimate of drug-likeness (QED) is 0.847. The number of ether oxygens (including phenoxy) is 1. The van der Waals surface area contributed by atoms with Crippen LogP contribution in [0.5, 0.6) is 0 Å². The van der Waals surface area contributed by atoms with E-state index in [4.69, 9.17) is 10.5 Å². The van der Waals surface area contributed by atoms with Gasteiger partial charge in [-0.15, -0.1) is 9.24 Å². The lowest BCUT2D eigenvalue weighted by Gasteiger charge is -2.22. The molecule has 1 aromatic rings. The molecule has 0 fully saturated rings. The van der Waals surface area contributed by atoms with E-state index in [1.165, 1.54) is 6.08 Å². The van der Waals surface area contributed by atoms with Crippen LogP contribution in [0.1, 0.15) is 18.1 Å². The zero-order valence-electron chi connectivity index (χ0n) is 11.2. The summed E-state index contributed by atoms with van der Waals surface area (Å²) in [5.74, 6) is -0.293. The monoisotopic (exact) mass is 291 g/mol. The van der Waals surface area contributed by atoms with E-state index in [1.807, 2.05) is 24.3 Å². The highest BCUT2D eigenvalue weighted by atomic mass is 31.0. The summed E-state index contributed by atoms with van der Waals surface area (Å²) in [5.41, 5.74) is 6.67. The molecular weight excluding hydrogens is 272 g/mol. The van der Waals surface area contributed by atoms with E-state index in [2.05, 4.69) is 9.24 Å².